The molecule has 21 heavy (non-hydrogen) atoms. The number of aromatic nitrogens is 3. The molecule has 9 heteroatoms. The number of ether oxygens (including phenoxy) is 1. The first-order valence-corrected chi connectivity index (χ1v) is 6.41. The van der Waals surface area contributed by atoms with Gasteiger partial charge in [0.1, 0.15) is 12.4 Å². The van der Waals surface area contributed by atoms with E-state index in [4.69, 9.17) is 22.1 Å². The van der Waals surface area contributed by atoms with Gasteiger partial charge in [-0.25, -0.2) is 9.78 Å². The zero-order valence-electron chi connectivity index (χ0n) is 10.9. The highest BCUT2D eigenvalue weighted by Gasteiger charge is 2.10. The molecule has 0 unspecified atom stereocenters. The Kier molecular flexibility index (Phi) is 5.24. The molecule has 2 aromatic rings. The largest absolute Gasteiger partial charge is 0.490 e. The fraction of sp³-hybridized carbons (Fsp3) is 0.167. The summed E-state index contributed by atoms with van der Waals surface area (Å²) in [5.74, 6) is 0.550. The summed E-state index contributed by atoms with van der Waals surface area (Å²) in [6.07, 6.45) is 2.82. The minimum Gasteiger partial charge on any atom is -0.490 e. The van der Waals surface area contributed by atoms with Crippen molar-refractivity contribution in [2.45, 2.75) is 0 Å². The van der Waals surface area contributed by atoms with Gasteiger partial charge in [0, 0.05) is 11.6 Å². The molecule has 0 saturated carbocycles. The first kappa shape index (κ1) is 14.9. The smallest absolute Gasteiger partial charge is 0.326 e. The molecule has 1 aromatic heterocycles. The Labute approximate surface area is 125 Å². The molecule has 8 nitrogen and oxygen atoms in total. The average molecular weight is 309 g/mol. The van der Waals surface area contributed by atoms with Gasteiger partial charge in [0.05, 0.1) is 18.1 Å². The highest BCUT2D eigenvalue weighted by molar-refractivity contribution is 6.31. The summed E-state index contributed by atoms with van der Waals surface area (Å²) in [6, 6.07) is 4.33. The van der Waals surface area contributed by atoms with Crippen molar-refractivity contribution in [2.75, 3.05) is 23.8 Å². The van der Waals surface area contributed by atoms with Crippen molar-refractivity contribution in [1.29, 1.82) is 0 Å². The minimum atomic E-state index is -0.539. The van der Waals surface area contributed by atoms with E-state index in [1.54, 1.807) is 18.2 Å². The first-order chi connectivity index (χ1) is 10.2. The molecular weight excluding hydrogens is 296 g/mol. The van der Waals surface area contributed by atoms with Crippen LogP contribution in [0.3, 0.4) is 0 Å². The predicted molar refractivity (Wildman–Crippen MR) is 78.5 cm³/mol. The van der Waals surface area contributed by atoms with Crippen molar-refractivity contribution in [3.8, 4) is 5.75 Å². The molecule has 1 aromatic carbocycles. The third-order valence-corrected chi connectivity index (χ3v) is 2.51. The zero-order chi connectivity index (χ0) is 15.1. The van der Waals surface area contributed by atoms with E-state index in [1.165, 1.54) is 12.4 Å². The average Bonchev–Trinajstić information content (AvgIpc) is 2.47. The van der Waals surface area contributed by atoms with Gasteiger partial charge in [-0.2, -0.15) is 5.10 Å². The van der Waals surface area contributed by atoms with Gasteiger partial charge in [-0.05, 0) is 18.2 Å². The van der Waals surface area contributed by atoms with E-state index in [-0.39, 0.29) is 5.95 Å². The summed E-state index contributed by atoms with van der Waals surface area (Å²) in [7, 11) is 0. The quantitative estimate of drug-likeness (QED) is 0.771. The van der Waals surface area contributed by atoms with Gasteiger partial charge in [-0.3, -0.25) is 5.32 Å². The maximum Gasteiger partial charge on any atom is 0.326 e. The summed E-state index contributed by atoms with van der Waals surface area (Å²) in [5, 5.41) is 12.7. The maximum absolute atomic E-state index is 11.9. The van der Waals surface area contributed by atoms with Crippen LogP contribution in [-0.4, -0.2) is 34.4 Å². The van der Waals surface area contributed by atoms with E-state index >= 15 is 0 Å². The second kappa shape index (κ2) is 7.36. The minimum absolute atomic E-state index is 0.0847. The predicted octanol–water partition coefficient (Wildman–Crippen LogP) is 1.51. The number of halogens is 1. The third-order valence-electron chi connectivity index (χ3n) is 2.27. The number of urea groups is 1. The number of hydrogen-bond donors (Lipinski definition) is 3. The molecule has 0 aliphatic heterocycles. The van der Waals surface area contributed by atoms with Crippen LogP contribution in [-0.2, 0) is 0 Å². The van der Waals surface area contributed by atoms with E-state index in [9.17, 15) is 4.79 Å². The van der Waals surface area contributed by atoms with Gasteiger partial charge < -0.3 is 15.8 Å². The van der Waals surface area contributed by atoms with E-state index < -0.39 is 6.03 Å². The summed E-state index contributed by atoms with van der Waals surface area (Å²) in [6.45, 7) is 0.682. The van der Waals surface area contributed by atoms with Crippen LogP contribution < -0.4 is 21.1 Å². The molecular formula is C12H13ClN6O2. The third kappa shape index (κ3) is 4.55. The standard InChI is InChI=1S/C12H13ClN6O2/c13-8-1-2-10(21-6-3-14)9(7-8)17-12(20)18-11-15-4-5-16-19-11/h1-2,4-5,7H,3,6,14H2,(H2,15,17,18,19,20). The lowest BCUT2D eigenvalue weighted by atomic mass is 10.3. The Bertz CT molecular complexity index is 610. The summed E-state index contributed by atoms with van der Waals surface area (Å²) in [5.41, 5.74) is 5.80. The zero-order valence-corrected chi connectivity index (χ0v) is 11.7. The molecule has 0 saturated heterocycles. The molecule has 4 N–H and O–H groups in total. The lowest BCUT2D eigenvalue weighted by molar-refractivity contribution is 0.261. The van der Waals surface area contributed by atoms with Crippen LogP contribution in [0, 0.1) is 0 Å². The van der Waals surface area contributed by atoms with E-state index in [0.29, 0.717) is 29.6 Å². The molecule has 0 fully saturated rings. The van der Waals surface area contributed by atoms with Gasteiger partial charge in [-0.15, -0.1) is 5.10 Å². The van der Waals surface area contributed by atoms with Crippen molar-refractivity contribution in [3.63, 3.8) is 0 Å². The topological polar surface area (TPSA) is 115 Å². The van der Waals surface area contributed by atoms with E-state index in [2.05, 4.69) is 25.8 Å². The molecule has 0 aliphatic carbocycles. The second-order valence-electron chi connectivity index (χ2n) is 3.82. The van der Waals surface area contributed by atoms with Gasteiger partial charge in [0.25, 0.3) is 5.95 Å². The highest BCUT2D eigenvalue weighted by atomic mass is 35.5. The fourth-order valence-corrected chi connectivity index (χ4v) is 1.63. The van der Waals surface area contributed by atoms with Crippen molar-refractivity contribution in [3.05, 3.63) is 35.6 Å². The van der Waals surface area contributed by atoms with Crippen LogP contribution in [0.25, 0.3) is 0 Å². The van der Waals surface area contributed by atoms with Gasteiger partial charge >= 0.3 is 6.03 Å². The number of hydrogen-bond acceptors (Lipinski definition) is 6. The van der Waals surface area contributed by atoms with Crippen LogP contribution >= 0.6 is 11.6 Å². The molecule has 2 amide bonds. The van der Waals surface area contributed by atoms with Gasteiger partial charge in [0.2, 0.25) is 0 Å². The lowest BCUT2D eigenvalue weighted by Gasteiger charge is -2.12. The van der Waals surface area contributed by atoms with Crippen LogP contribution in [0.15, 0.2) is 30.6 Å². The number of nitrogens with one attached hydrogen (secondary N) is 2. The molecule has 0 radical (unpaired) electrons. The normalized spacial score (nSPS) is 10.0. The molecule has 110 valence electrons. The van der Waals surface area contributed by atoms with Crippen molar-refractivity contribution < 1.29 is 9.53 Å². The summed E-state index contributed by atoms with van der Waals surface area (Å²) >= 11 is 5.91. The lowest BCUT2D eigenvalue weighted by Crippen LogP contribution is -2.21. The monoisotopic (exact) mass is 308 g/mol. The van der Waals surface area contributed by atoms with Crippen LogP contribution in [0.5, 0.6) is 5.75 Å². The van der Waals surface area contributed by atoms with Crippen LogP contribution in [0.2, 0.25) is 5.02 Å². The molecule has 1 heterocycles. The number of nitrogens with two attached hydrogens (primary N) is 1. The Morgan fingerprint density at radius 3 is 2.90 bits per heavy atom. The number of rotatable bonds is 5. The molecule has 0 aliphatic rings. The second-order valence-corrected chi connectivity index (χ2v) is 4.26. The highest BCUT2D eigenvalue weighted by Crippen LogP contribution is 2.28. The van der Waals surface area contributed by atoms with Crippen molar-refractivity contribution in [2.24, 2.45) is 5.73 Å². The van der Waals surface area contributed by atoms with Crippen LogP contribution in [0.4, 0.5) is 16.4 Å². The fourth-order valence-electron chi connectivity index (χ4n) is 1.45. The maximum atomic E-state index is 11.9. The van der Waals surface area contributed by atoms with Crippen molar-refractivity contribution in [1.82, 2.24) is 15.2 Å². The molecule has 0 spiro atoms. The Morgan fingerprint density at radius 2 is 2.19 bits per heavy atom. The van der Waals surface area contributed by atoms with Crippen LogP contribution in [0.1, 0.15) is 0 Å². The summed E-state index contributed by atoms with van der Waals surface area (Å²) < 4.78 is 5.42. The first-order valence-electron chi connectivity index (χ1n) is 6.03. The molecule has 2 rings (SSSR count). The number of carbonyl (C=O) groups is 1. The number of benzene rings is 1. The number of amides is 2. The molecule has 0 atom stereocenters. The Balaban J connectivity index is 2.07. The Morgan fingerprint density at radius 1 is 1.33 bits per heavy atom. The SMILES string of the molecule is NCCOc1ccc(Cl)cc1NC(=O)Nc1nccnn1. The van der Waals surface area contributed by atoms with E-state index in [1.807, 2.05) is 0 Å². The Hall–Kier alpha value is -2.45. The van der Waals surface area contributed by atoms with E-state index in [0.717, 1.165) is 0 Å². The van der Waals surface area contributed by atoms with Gasteiger partial charge in [0.15, 0.2) is 0 Å². The van der Waals surface area contributed by atoms with Gasteiger partial charge in [-0.1, -0.05) is 11.6 Å². The molecule has 0 bridgehead atoms. The number of anilines is 2. The number of carbonyl (C=O) groups excluding carboxylic acids is 1. The number of nitrogens with zero attached hydrogens (tertiary/aromatic N) is 3. The van der Waals surface area contributed by atoms with Crippen molar-refractivity contribution >= 4 is 29.3 Å². The summed E-state index contributed by atoms with van der Waals surface area (Å²) in [4.78, 5) is 15.7.